The summed E-state index contributed by atoms with van der Waals surface area (Å²) in [6, 6.07) is 4.04. The van der Waals surface area contributed by atoms with Gasteiger partial charge in [0.05, 0.1) is 5.56 Å². The Morgan fingerprint density at radius 3 is 2.47 bits per heavy atom. The van der Waals surface area contributed by atoms with Gasteiger partial charge < -0.3 is 15.1 Å². The number of hydrogen-bond donors (Lipinski definition) is 1. The second-order valence-corrected chi connectivity index (χ2v) is 9.62. The van der Waals surface area contributed by atoms with Gasteiger partial charge in [0.25, 0.3) is 5.91 Å². The predicted octanol–water partition coefficient (Wildman–Crippen LogP) is 3.98. The van der Waals surface area contributed by atoms with Crippen molar-refractivity contribution < 1.29 is 9.59 Å². The standard InChI is InChI=1S/C25H33ClN6O2/c1-4-23-27-13-20(14-28-23)24(33)29-22-12-21(26)11-19(18(22)3)16-30-9-10-32(17(2)15-30)25(34)31-7-5-6-8-31/h11-14,17H,4-10,15-16H2,1-3H3,(H,29,33)/t17-/m0/s1. The minimum Gasteiger partial charge on any atom is -0.325 e. The number of amides is 3. The molecule has 3 heterocycles. The zero-order valence-corrected chi connectivity index (χ0v) is 20.9. The minimum atomic E-state index is -0.262. The van der Waals surface area contributed by atoms with Crippen molar-refractivity contribution in [2.45, 2.75) is 52.6 Å². The van der Waals surface area contributed by atoms with Crippen LogP contribution in [0.1, 0.15) is 54.0 Å². The van der Waals surface area contributed by atoms with Crippen LogP contribution in [0.4, 0.5) is 10.5 Å². The van der Waals surface area contributed by atoms with Crippen LogP contribution >= 0.6 is 11.6 Å². The number of likely N-dealkylation sites (tertiary alicyclic amines) is 1. The molecule has 182 valence electrons. The van der Waals surface area contributed by atoms with Crippen molar-refractivity contribution in [3.8, 4) is 0 Å². The molecule has 0 bridgehead atoms. The second kappa shape index (κ2) is 10.7. The maximum Gasteiger partial charge on any atom is 0.320 e. The van der Waals surface area contributed by atoms with Crippen LogP contribution in [0, 0.1) is 6.92 Å². The van der Waals surface area contributed by atoms with E-state index in [4.69, 9.17) is 11.6 Å². The molecule has 1 aromatic heterocycles. The van der Waals surface area contributed by atoms with Gasteiger partial charge in [-0.25, -0.2) is 14.8 Å². The Kier molecular flexibility index (Phi) is 7.68. The summed E-state index contributed by atoms with van der Waals surface area (Å²) in [5.41, 5.74) is 3.13. The first-order valence-corrected chi connectivity index (χ1v) is 12.4. The van der Waals surface area contributed by atoms with Gasteiger partial charge in [-0.2, -0.15) is 0 Å². The maximum atomic E-state index is 12.8. The molecular formula is C25H33ClN6O2. The number of rotatable bonds is 5. The summed E-state index contributed by atoms with van der Waals surface area (Å²) in [6.07, 6.45) is 6.02. The van der Waals surface area contributed by atoms with E-state index in [1.54, 1.807) is 18.5 Å². The lowest BCUT2D eigenvalue weighted by Crippen LogP contribution is -2.56. The number of carbonyl (C=O) groups is 2. The topological polar surface area (TPSA) is 81.7 Å². The van der Waals surface area contributed by atoms with Crippen LogP contribution in [0.25, 0.3) is 0 Å². The van der Waals surface area contributed by atoms with E-state index in [0.29, 0.717) is 35.2 Å². The van der Waals surface area contributed by atoms with Gasteiger partial charge in [0, 0.05) is 74.8 Å². The number of aromatic nitrogens is 2. The van der Waals surface area contributed by atoms with Gasteiger partial charge >= 0.3 is 6.03 Å². The summed E-state index contributed by atoms with van der Waals surface area (Å²) in [4.78, 5) is 40.3. The maximum absolute atomic E-state index is 12.8. The lowest BCUT2D eigenvalue weighted by Gasteiger charge is -2.41. The van der Waals surface area contributed by atoms with Gasteiger partial charge in [0.15, 0.2) is 0 Å². The monoisotopic (exact) mass is 484 g/mol. The molecule has 1 N–H and O–H groups in total. The Balaban J connectivity index is 1.41. The Bertz CT molecular complexity index is 1040. The molecule has 4 rings (SSSR count). The molecule has 2 aromatic rings. The molecule has 34 heavy (non-hydrogen) atoms. The van der Waals surface area contributed by atoms with Crippen molar-refractivity contribution in [1.29, 1.82) is 0 Å². The van der Waals surface area contributed by atoms with E-state index in [2.05, 4.69) is 27.1 Å². The van der Waals surface area contributed by atoms with Crippen LogP contribution < -0.4 is 5.32 Å². The highest BCUT2D eigenvalue weighted by Gasteiger charge is 2.31. The number of urea groups is 1. The molecule has 0 saturated carbocycles. The Morgan fingerprint density at radius 2 is 1.82 bits per heavy atom. The summed E-state index contributed by atoms with van der Waals surface area (Å²) in [5.74, 6) is 0.441. The van der Waals surface area contributed by atoms with Crippen molar-refractivity contribution in [3.05, 3.63) is 52.1 Å². The van der Waals surface area contributed by atoms with Crippen LogP contribution in [0.15, 0.2) is 24.5 Å². The van der Waals surface area contributed by atoms with Crippen molar-refractivity contribution in [2.24, 2.45) is 0 Å². The molecule has 0 aliphatic carbocycles. The number of piperazine rings is 1. The number of nitrogens with zero attached hydrogens (tertiary/aromatic N) is 5. The number of anilines is 1. The average Bonchev–Trinajstić information content (AvgIpc) is 3.37. The molecule has 0 radical (unpaired) electrons. The third-order valence-corrected chi connectivity index (χ3v) is 6.96. The fourth-order valence-corrected chi connectivity index (χ4v) is 4.91. The second-order valence-electron chi connectivity index (χ2n) is 9.19. The Labute approximate surface area is 206 Å². The van der Waals surface area contributed by atoms with E-state index in [0.717, 1.165) is 56.6 Å². The highest BCUT2D eigenvalue weighted by Crippen LogP contribution is 2.27. The zero-order valence-electron chi connectivity index (χ0n) is 20.2. The highest BCUT2D eigenvalue weighted by atomic mass is 35.5. The van der Waals surface area contributed by atoms with E-state index in [1.807, 2.05) is 29.7 Å². The van der Waals surface area contributed by atoms with Gasteiger partial charge in [0.1, 0.15) is 5.82 Å². The summed E-state index contributed by atoms with van der Waals surface area (Å²) in [5, 5.41) is 3.54. The normalized spacial score (nSPS) is 18.9. The van der Waals surface area contributed by atoms with Crippen LogP contribution in [0.3, 0.4) is 0 Å². The number of carbonyl (C=O) groups excluding carboxylic acids is 2. The third-order valence-electron chi connectivity index (χ3n) is 6.74. The van der Waals surface area contributed by atoms with Gasteiger partial charge in [-0.05, 0) is 49.9 Å². The predicted molar refractivity (Wildman–Crippen MR) is 133 cm³/mol. The first kappa shape index (κ1) is 24.4. The first-order chi connectivity index (χ1) is 16.4. The SMILES string of the molecule is CCc1ncc(C(=O)Nc2cc(Cl)cc(CN3CCN(C(=O)N4CCCC4)[C@@H](C)C3)c2C)cn1. The first-order valence-electron chi connectivity index (χ1n) is 12.0. The molecule has 2 saturated heterocycles. The van der Waals surface area contributed by atoms with Gasteiger partial charge in [-0.3, -0.25) is 9.69 Å². The molecule has 2 fully saturated rings. The van der Waals surface area contributed by atoms with E-state index in [9.17, 15) is 9.59 Å². The lowest BCUT2D eigenvalue weighted by atomic mass is 10.0. The Morgan fingerprint density at radius 1 is 1.12 bits per heavy atom. The van der Waals surface area contributed by atoms with Crippen LogP contribution in [0.2, 0.25) is 5.02 Å². The number of benzene rings is 1. The van der Waals surface area contributed by atoms with Gasteiger partial charge in [-0.1, -0.05) is 18.5 Å². The van der Waals surface area contributed by atoms with Gasteiger partial charge in [-0.15, -0.1) is 0 Å². The fourth-order valence-electron chi connectivity index (χ4n) is 4.67. The van der Waals surface area contributed by atoms with E-state index in [1.165, 1.54) is 0 Å². The van der Waals surface area contributed by atoms with E-state index in [-0.39, 0.29) is 18.0 Å². The molecule has 0 unspecified atom stereocenters. The summed E-state index contributed by atoms with van der Waals surface area (Å²) in [6.45, 7) is 10.9. The van der Waals surface area contributed by atoms with Gasteiger partial charge in [0.2, 0.25) is 0 Å². The summed E-state index contributed by atoms with van der Waals surface area (Å²) in [7, 11) is 0. The Hall–Kier alpha value is -2.71. The molecule has 2 aliphatic heterocycles. The van der Waals surface area contributed by atoms with Crippen LogP contribution in [-0.2, 0) is 13.0 Å². The molecule has 1 atom stereocenters. The lowest BCUT2D eigenvalue weighted by molar-refractivity contribution is 0.0814. The molecule has 8 nitrogen and oxygen atoms in total. The third kappa shape index (κ3) is 5.50. The number of hydrogen-bond acceptors (Lipinski definition) is 5. The van der Waals surface area contributed by atoms with Crippen molar-refractivity contribution in [3.63, 3.8) is 0 Å². The molecule has 9 heteroatoms. The molecule has 3 amide bonds. The zero-order chi connectivity index (χ0) is 24.2. The minimum absolute atomic E-state index is 0.145. The molecule has 0 spiro atoms. The smallest absolute Gasteiger partial charge is 0.320 e. The van der Waals surface area contributed by atoms with Crippen LogP contribution in [0.5, 0.6) is 0 Å². The van der Waals surface area contributed by atoms with Crippen molar-refractivity contribution >= 4 is 29.2 Å². The number of aryl methyl sites for hydroxylation is 1. The van der Waals surface area contributed by atoms with Crippen LogP contribution in [-0.4, -0.2) is 75.4 Å². The average molecular weight is 485 g/mol. The quantitative estimate of drug-likeness (QED) is 0.694. The number of nitrogens with one attached hydrogen (secondary N) is 1. The number of halogens is 1. The highest BCUT2D eigenvalue weighted by molar-refractivity contribution is 6.31. The fraction of sp³-hybridized carbons (Fsp3) is 0.520. The molecular weight excluding hydrogens is 452 g/mol. The van der Waals surface area contributed by atoms with E-state index >= 15 is 0 Å². The summed E-state index contributed by atoms with van der Waals surface area (Å²) >= 11 is 6.42. The summed E-state index contributed by atoms with van der Waals surface area (Å²) < 4.78 is 0. The van der Waals surface area contributed by atoms with Crippen molar-refractivity contribution in [1.82, 2.24) is 24.7 Å². The van der Waals surface area contributed by atoms with Crippen molar-refractivity contribution in [2.75, 3.05) is 38.0 Å². The van der Waals surface area contributed by atoms with E-state index < -0.39 is 0 Å². The molecule has 2 aliphatic rings. The largest absolute Gasteiger partial charge is 0.325 e. The molecule has 1 aromatic carbocycles.